The molecule has 0 radical (unpaired) electrons. The zero-order valence-electron chi connectivity index (χ0n) is 11.8. The van der Waals surface area contributed by atoms with Crippen molar-refractivity contribution >= 4 is 9.84 Å². The molecule has 0 aliphatic carbocycles. The van der Waals surface area contributed by atoms with E-state index >= 15 is 0 Å². The summed E-state index contributed by atoms with van der Waals surface area (Å²) in [5.74, 6) is 0. The summed E-state index contributed by atoms with van der Waals surface area (Å²) in [4.78, 5) is 0. The van der Waals surface area contributed by atoms with Crippen LogP contribution >= 0.6 is 0 Å². The highest BCUT2D eigenvalue weighted by molar-refractivity contribution is 7.92. The molecule has 6 heteroatoms. The van der Waals surface area contributed by atoms with Gasteiger partial charge in [0.15, 0.2) is 9.84 Å². The van der Waals surface area contributed by atoms with Crippen LogP contribution in [0.4, 0.5) is 0 Å². The fourth-order valence-corrected chi connectivity index (χ4v) is 2.43. The van der Waals surface area contributed by atoms with Crippen molar-refractivity contribution < 1.29 is 8.42 Å². The van der Waals surface area contributed by atoms with E-state index in [0.717, 1.165) is 18.7 Å². The van der Waals surface area contributed by atoms with Crippen molar-refractivity contribution in [2.45, 2.75) is 38.0 Å². The molecule has 0 saturated heterocycles. The van der Waals surface area contributed by atoms with Gasteiger partial charge in [0, 0.05) is 19.5 Å². The third-order valence-electron chi connectivity index (χ3n) is 3.28. The summed E-state index contributed by atoms with van der Waals surface area (Å²) >= 11 is 0. The molecule has 1 heterocycles. The van der Waals surface area contributed by atoms with E-state index in [4.69, 9.17) is 0 Å². The van der Waals surface area contributed by atoms with Gasteiger partial charge in [-0.1, -0.05) is 6.92 Å². The highest BCUT2D eigenvalue weighted by Gasteiger charge is 2.40. The number of hydrogen-bond acceptors (Lipinski definition) is 4. The van der Waals surface area contributed by atoms with Crippen molar-refractivity contribution in [2.24, 2.45) is 7.05 Å². The average Bonchev–Trinajstić information content (AvgIpc) is 2.63. The Hall–Kier alpha value is -0.880. The summed E-state index contributed by atoms with van der Waals surface area (Å²) < 4.78 is 24.7. The number of sulfone groups is 1. The second-order valence-electron chi connectivity index (χ2n) is 5.18. The van der Waals surface area contributed by atoms with E-state index < -0.39 is 14.6 Å². The minimum atomic E-state index is -3.18. The van der Waals surface area contributed by atoms with Crippen molar-refractivity contribution in [1.82, 2.24) is 15.1 Å². The summed E-state index contributed by atoms with van der Waals surface area (Å²) in [5, 5.41) is 7.62. The largest absolute Gasteiger partial charge is 0.307 e. The van der Waals surface area contributed by atoms with E-state index in [1.165, 1.54) is 6.26 Å². The lowest BCUT2D eigenvalue weighted by Gasteiger charge is -2.32. The van der Waals surface area contributed by atoms with Crippen molar-refractivity contribution in [3.8, 4) is 0 Å². The fourth-order valence-electron chi connectivity index (χ4n) is 1.80. The number of nitrogens with zero attached hydrogens (tertiary/aromatic N) is 2. The van der Waals surface area contributed by atoms with Gasteiger partial charge in [-0.15, -0.1) is 0 Å². The van der Waals surface area contributed by atoms with Crippen LogP contribution in [0.3, 0.4) is 0 Å². The minimum Gasteiger partial charge on any atom is -0.307 e. The molecule has 104 valence electrons. The van der Waals surface area contributed by atoms with Crippen LogP contribution in [-0.4, -0.2) is 35.7 Å². The lowest BCUT2D eigenvalue weighted by molar-refractivity contribution is 0.409. The second kappa shape index (κ2) is 5.40. The molecule has 1 aromatic rings. The molecule has 0 aliphatic rings. The van der Waals surface area contributed by atoms with Gasteiger partial charge in [0.1, 0.15) is 0 Å². The SMILES string of the molecule is CCCNC(c1ccn(C)n1)C(C)(C)S(C)(=O)=O. The molecule has 1 aromatic heterocycles. The molecule has 1 atom stereocenters. The lowest BCUT2D eigenvalue weighted by atomic mass is 10.00. The molecule has 0 spiro atoms. The quantitative estimate of drug-likeness (QED) is 0.848. The fraction of sp³-hybridized carbons (Fsp3) is 0.750. The first-order chi connectivity index (χ1) is 8.20. The Morgan fingerprint density at radius 3 is 2.50 bits per heavy atom. The third-order valence-corrected chi connectivity index (χ3v) is 5.43. The first-order valence-corrected chi connectivity index (χ1v) is 8.01. The maximum Gasteiger partial charge on any atom is 0.154 e. The number of hydrogen-bond donors (Lipinski definition) is 1. The van der Waals surface area contributed by atoms with Crippen LogP contribution in [0.1, 0.15) is 38.9 Å². The van der Waals surface area contributed by atoms with E-state index in [0.29, 0.717) is 0 Å². The lowest BCUT2D eigenvalue weighted by Crippen LogP contribution is -2.45. The van der Waals surface area contributed by atoms with Crippen LogP contribution < -0.4 is 5.32 Å². The van der Waals surface area contributed by atoms with E-state index in [1.54, 1.807) is 18.5 Å². The maximum absolute atomic E-state index is 12.0. The van der Waals surface area contributed by atoms with Gasteiger partial charge < -0.3 is 5.32 Å². The van der Waals surface area contributed by atoms with Crippen molar-refractivity contribution in [1.29, 1.82) is 0 Å². The summed E-state index contributed by atoms with van der Waals surface area (Å²) in [6.07, 6.45) is 4.05. The molecule has 5 nitrogen and oxygen atoms in total. The maximum atomic E-state index is 12.0. The minimum absolute atomic E-state index is 0.298. The average molecular weight is 273 g/mol. The molecule has 18 heavy (non-hydrogen) atoms. The molecule has 1 unspecified atom stereocenters. The van der Waals surface area contributed by atoms with Gasteiger partial charge in [0.2, 0.25) is 0 Å². The van der Waals surface area contributed by atoms with Gasteiger partial charge in [-0.25, -0.2) is 8.42 Å². The predicted octanol–water partition coefficient (Wildman–Crippen LogP) is 1.28. The highest BCUT2D eigenvalue weighted by Crippen LogP contribution is 2.31. The van der Waals surface area contributed by atoms with Gasteiger partial charge in [0.05, 0.1) is 16.5 Å². The molecule has 1 N–H and O–H groups in total. The van der Waals surface area contributed by atoms with E-state index in [2.05, 4.69) is 17.3 Å². The van der Waals surface area contributed by atoms with E-state index in [9.17, 15) is 8.42 Å². The van der Waals surface area contributed by atoms with Crippen LogP contribution in [0, 0.1) is 0 Å². The zero-order valence-corrected chi connectivity index (χ0v) is 12.6. The topological polar surface area (TPSA) is 64.0 Å². The Labute approximate surface area is 109 Å². The summed E-state index contributed by atoms with van der Waals surface area (Å²) in [7, 11) is -1.36. The van der Waals surface area contributed by atoms with Crippen molar-refractivity contribution in [3.63, 3.8) is 0 Å². The summed E-state index contributed by atoms with van der Waals surface area (Å²) in [5.41, 5.74) is 0.765. The molecule has 0 bridgehead atoms. The van der Waals surface area contributed by atoms with Gasteiger partial charge in [-0.05, 0) is 32.9 Å². The molecular formula is C12H23N3O2S. The molecule has 1 rings (SSSR count). The smallest absolute Gasteiger partial charge is 0.154 e. The zero-order chi connectivity index (χ0) is 14.0. The van der Waals surface area contributed by atoms with Gasteiger partial charge in [0.25, 0.3) is 0 Å². The van der Waals surface area contributed by atoms with Crippen molar-refractivity contribution in [3.05, 3.63) is 18.0 Å². The van der Waals surface area contributed by atoms with Gasteiger partial charge in [-0.2, -0.15) is 5.10 Å². The van der Waals surface area contributed by atoms with Gasteiger partial charge in [-0.3, -0.25) is 4.68 Å². The van der Waals surface area contributed by atoms with Crippen LogP contribution in [0.15, 0.2) is 12.3 Å². The molecule has 0 aromatic carbocycles. The Bertz CT molecular complexity index is 491. The Kier molecular flexibility index (Phi) is 4.55. The number of aryl methyl sites for hydroxylation is 1. The predicted molar refractivity (Wildman–Crippen MR) is 73.2 cm³/mol. The first-order valence-electron chi connectivity index (χ1n) is 6.12. The molecule has 0 fully saturated rings. The summed E-state index contributed by atoms with van der Waals surface area (Å²) in [6, 6.07) is 1.56. The highest BCUT2D eigenvalue weighted by atomic mass is 32.2. The Balaban J connectivity index is 3.13. The molecular weight excluding hydrogens is 250 g/mol. The van der Waals surface area contributed by atoms with E-state index in [-0.39, 0.29) is 6.04 Å². The first kappa shape index (κ1) is 15.2. The number of rotatable bonds is 6. The monoisotopic (exact) mass is 273 g/mol. The third kappa shape index (κ3) is 3.11. The molecule has 0 aliphatic heterocycles. The number of nitrogens with one attached hydrogen (secondary N) is 1. The van der Waals surface area contributed by atoms with Gasteiger partial charge >= 0.3 is 0 Å². The standard InChI is InChI=1S/C12H23N3O2S/c1-6-8-13-11(10-7-9-15(4)14-10)12(2,3)18(5,16)17/h7,9,11,13H,6,8H2,1-5H3. The number of aromatic nitrogens is 2. The van der Waals surface area contributed by atoms with Crippen molar-refractivity contribution in [2.75, 3.05) is 12.8 Å². The summed E-state index contributed by atoms with van der Waals surface area (Å²) in [6.45, 7) is 6.30. The van der Waals surface area contributed by atoms with Crippen LogP contribution in [-0.2, 0) is 16.9 Å². The van der Waals surface area contributed by atoms with Crippen LogP contribution in [0.5, 0.6) is 0 Å². The normalized spacial score (nSPS) is 14.7. The molecule has 0 saturated carbocycles. The second-order valence-corrected chi connectivity index (χ2v) is 7.77. The molecule has 0 amide bonds. The van der Waals surface area contributed by atoms with Crippen LogP contribution in [0.25, 0.3) is 0 Å². The van der Waals surface area contributed by atoms with E-state index in [1.807, 2.05) is 19.3 Å². The Morgan fingerprint density at radius 2 is 2.11 bits per heavy atom. The Morgan fingerprint density at radius 1 is 1.50 bits per heavy atom. The van der Waals surface area contributed by atoms with Crippen LogP contribution in [0.2, 0.25) is 0 Å².